The second-order valence-corrected chi connectivity index (χ2v) is 2.65. The lowest BCUT2D eigenvalue weighted by molar-refractivity contribution is -0.113. The summed E-state index contributed by atoms with van der Waals surface area (Å²) in [6, 6.07) is 3.27. The Morgan fingerprint density at radius 3 is 3.08 bits per heavy atom. The van der Waals surface area contributed by atoms with E-state index in [0.29, 0.717) is 10.7 Å². The van der Waals surface area contributed by atoms with Gasteiger partial charge in [-0.3, -0.25) is 9.78 Å². The van der Waals surface area contributed by atoms with Gasteiger partial charge in [-0.2, -0.15) is 0 Å². The summed E-state index contributed by atoms with van der Waals surface area (Å²) in [5, 5.41) is 0.560. The fraction of sp³-hybridized carbons (Fsp3) is 0.111. The summed E-state index contributed by atoms with van der Waals surface area (Å²) >= 11 is 5.67. The van der Waals surface area contributed by atoms with Gasteiger partial charge in [0, 0.05) is 11.2 Å². The quantitative estimate of drug-likeness (QED) is 0.509. The standard InChI is InChI=1S/C9H6ClNO/c1-2-9(12)6-8-5-7(10)3-4-11-8/h1,3-5H,6H2. The summed E-state index contributed by atoms with van der Waals surface area (Å²) in [6.07, 6.45) is 6.59. The molecule has 0 N–H and O–H groups in total. The van der Waals surface area contributed by atoms with Crippen molar-refractivity contribution in [2.75, 3.05) is 0 Å². The summed E-state index contributed by atoms with van der Waals surface area (Å²) in [7, 11) is 0. The van der Waals surface area contributed by atoms with Crippen molar-refractivity contribution in [3.63, 3.8) is 0 Å². The Labute approximate surface area is 75.6 Å². The smallest absolute Gasteiger partial charge is 0.211 e. The Morgan fingerprint density at radius 1 is 1.75 bits per heavy atom. The van der Waals surface area contributed by atoms with E-state index < -0.39 is 0 Å². The molecule has 0 aliphatic heterocycles. The van der Waals surface area contributed by atoms with Crippen LogP contribution in [-0.2, 0) is 11.2 Å². The van der Waals surface area contributed by atoms with Crippen molar-refractivity contribution in [3.05, 3.63) is 29.0 Å². The number of hydrogen-bond acceptors (Lipinski definition) is 2. The molecule has 0 saturated heterocycles. The van der Waals surface area contributed by atoms with Crippen LogP contribution in [0.5, 0.6) is 0 Å². The Bertz CT molecular complexity index is 341. The van der Waals surface area contributed by atoms with Crippen LogP contribution in [0.2, 0.25) is 5.02 Å². The zero-order valence-corrected chi connectivity index (χ0v) is 7.01. The van der Waals surface area contributed by atoms with E-state index in [2.05, 4.69) is 4.98 Å². The molecule has 0 amide bonds. The molecule has 1 aromatic rings. The second-order valence-electron chi connectivity index (χ2n) is 2.21. The van der Waals surface area contributed by atoms with Gasteiger partial charge >= 0.3 is 0 Å². The van der Waals surface area contributed by atoms with Crippen molar-refractivity contribution in [1.29, 1.82) is 0 Å². The van der Waals surface area contributed by atoms with E-state index in [4.69, 9.17) is 18.0 Å². The lowest BCUT2D eigenvalue weighted by atomic mass is 10.2. The van der Waals surface area contributed by atoms with Crippen LogP contribution in [0.25, 0.3) is 0 Å². The molecule has 0 unspecified atom stereocenters. The minimum Gasteiger partial charge on any atom is -0.284 e. The first-order chi connectivity index (χ1) is 5.72. The number of aromatic nitrogens is 1. The maximum absolute atomic E-state index is 10.8. The molecule has 60 valence electrons. The third-order valence-electron chi connectivity index (χ3n) is 1.28. The van der Waals surface area contributed by atoms with E-state index >= 15 is 0 Å². The van der Waals surface area contributed by atoms with Crippen molar-refractivity contribution in [2.24, 2.45) is 0 Å². The van der Waals surface area contributed by atoms with Gasteiger partial charge in [-0.15, -0.1) is 6.42 Å². The van der Waals surface area contributed by atoms with E-state index in [0.717, 1.165) is 0 Å². The largest absolute Gasteiger partial charge is 0.284 e. The van der Waals surface area contributed by atoms with Crippen molar-refractivity contribution in [1.82, 2.24) is 4.98 Å². The van der Waals surface area contributed by atoms with Crippen molar-refractivity contribution in [2.45, 2.75) is 6.42 Å². The van der Waals surface area contributed by atoms with E-state index in [-0.39, 0.29) is 12.2 Å². The summed E-state index contributed by atoms with van der Waals surface area (Å²) in [6.45, 7) is 0. The Kier molecular flexibility index (Phi) is 2.84. The molecular formula is C9H6ClNO. The predicted molar refractivity (Wildman–Crippen MR) is 46.8 cm³/mol. The van der Waals surface area contributed by atoms with E-state index in [1.54, 1.807) is 18.3 Å². The van der Waals surface area contributed by atoms with Crippen molar-refractivity contribution >= 4 is 17.4 Å². The molecule has 0 saturated carbocycles. The van der Waals surface area contributed by atoms with E-state index in [1.165, 1.54) is 0 Å². The van der Waals surface area contributed by atoms with Crippen LogP contribution in [0, 0.1) is 12.3 Å². The molecule has 1 heterocycles. The minimum atomic E-state index is -0.287. The first-order valence-electron chi connectivity index (χ1n) is 3.32. The molecule has 0 fully saturated rings. The van der Waals surface area contributed by atoms with Crippen molar-refractivity contribution < 1.29 is 4.79 Å². The maximum atomic E-state index is 10.8. The molecular weight excluding hydrogens is 174 g/mol. The molecule has 1 aromatic heterocycles. The molecule has 0 radical (unpaired) electrons. The summed E-state index contributed by atoms with van der Waals surface area (Å²) in [4.78, 5) is 14.7. The van der Waals surface area contributed by atoms with Gasteiger partial charge in [0.2, 0.25) is 5.78 Å². The monoisotopic (exact) mass is 179 g/mol. The van der Waals surface area contributed by atoms with Gasteiger partial charge in [-0.1, -0.05) is 11.6 Å². The maximum Gasteiger partial charge on any atom is 0.211 e. The van der Waals surface area contributed by atoms with Gasteiger partial charge in [0.25, 0.3) is 0 Å². The zero-order chi connectivity index (χ0) is 8.97. The Balaban J connectivity index is 2.78. The van der Waals surface area contributed by atoms with Crippen LogP contribution in [0.3, 0.4) is 0 Å². The van der Waals surface area contributed by atoms with E-state index in [1.807, 2.05) is 5.92 Å². The highest BCUT2D eigenvalue weighted by molar-refractivity contribution is 6.30. The SMILES string of the molecule is C#CC(=O)Cc1cc(Cl)ccn1. The number of nitrogens with zero attached hydrogens (tertiary/aromatic N) is 1. The average molecular weight is 180 g/mol. The summed E-state index contributed by atoms with van der Waals surface area (Å²) < 4.78 is 0. The van der Waals surface area contributed by atoms with Gasteiger partial charge < -0.3 is 0 Å². The number of terminal acetylenes is 1. The van der Waals surface area contributed by atoms with Gasteiger partial charge in [-0.05, 0) is 18.1 Å². The predicted octanol–water partition coefficient (Wildman–Crippen LogP) is 1.48. The fourth-order valence-corrected chi connectivity index (χ4v) is 0.943. The van der Waals surface area contributed by atoms with Crippen molar-refractivity contribution in [3.8, 4) is 12.3 Å². The molecule has 3 heteroatoms. The number of Topliss-reactive ketones (excluding diaryl/α,β-unsaturated/α-hetero) is 1. The molecule has 12 heavy (non-hydrogen) atoms. The number of hydrogen-bond donors (Lipinski definition) is 0. The van der Waals surface area contributed by atoms with Gasteiger partial charge in [0.05, 0.1) is 12.1 Å². The third-order valence-corrected chi connectivity index (χ3v) is 1.52. The Morgan fingerprint density at radius 2 is 2.50 bits per heavy atom. The number of ketones is 1. The number of carbonyl (C=O) groups excluding carboxylic acids is 1. The van der Waals surface area contributed by atoms with Crippen LogP contribution in [0.1, 0.15) is 5.69 Å². The fourth-order valence-electron chi connectivity index (χ4n) is 0.761. The minimum absolute atomic E-state index is 0.150. The van der Waals surface area contributed by atoms with E-state index in [9.17, 15) is 4.79 Å². The van der Waals surface area contributed by atoms with Crippen LogP contribution in [-0.4, -0.2) is 10.8 Å². The highest BCUT2D eigenvalue weighted by Gasteiger charge is 2.00. The third kappa shape index (κ3) is 2.37. The van der Waals surface area contributed by atoms with Gasteiger partial charge in [0.1, 0.15) is 0 Å². The highest BCUT2D eigenvalue weighted by atomic mass is 35.5. The molecule has 0 bridgehead atoms. The molecule has 0 aliphatic carbocycles. The molecule has 0 atom stereocenters. The summed E-state index contributed by atoms with van der Waals surface area (Å²) in [5.74, 6) is 1.72. The first kappa shape index (κ1) is 8.76. The van der Waals surface area contributed by atoms with Gasteiger partial charge in [-0.25, -0.2) is 0 Å². The van der Waals surface area contributed by atoms with Gasteiger partial charge in [0.15, 0.2) is 0 Å². The van der Waals surface area contributed by atoms with Crippen LogP contribution in [0.15, 0.2) is 18.3 Å². The number of pyridine rings is 1. The second kappa shape index (κ2) is 3.89. The number of halogens is 1. The topological polar surface area (TPSA) is 30.0 Å². The number of carbonyl (C=O) groups is 1. The molecule has 2 nitrogen and oxygen atoms in total. The highest BCUT2D eigenvalue weighted by Crippen LogP contribution is 2.08. The lowest BCUT2D eigenvalue weighted by Crippen LogP contribution is -2.00. The van der Waals surface area contributed by atoms with Crippen LogP contribution in [0.4, 0.5) is 0 Å². The Hall–Kier alpha value is -1.33. The molecule has 0 aliphatic rings. The zero-order valence-electron chi connectivity index (χ0n) is 6.25. The molecule has 0 aromatic carbocycles. The lowest BCUT2D eigenvalue weighted by Gasteiger charge is -1.95. The average Bonchev–Trinajstić information content (AvgIpc) is 2.04. The number of rotatable bonds is 2. The summed E-state index contributed by atoms with van der Waals surface area (Å²) in [5.41, 5.74) is 0.602. The van der Waals surface area contributed by atoms with Crippen LogP contribution >= 0.6 is 11.6 Å². The first-order valence-corrected chi connectivity index (χ1v) is 3.70. The molecule has 1 rings (SSSR count). The normalized spacial score (nSPS) is 9.00. The molecule has 0 spiro atoms. The van der Waals surface area contributed by atoms with Crippen LogP contribution < -0.4 is 0 Å².